The highest BCUT2D eigenvalue weighted by atomic mass is 16.2. The smallest absolute Gasteiger partial charge is 0.274 e. The van der Waals surface area contributed by atoms with Gasteiger partial charge in [-0.3, -0.25) is 9.48 Å². The van der Waals surface area contributed by atoms with Crippen LogP contribution < -0.4 is 5.32 Å². The third kappa shape index (κ3) is 4.23. The molecule has 0 radical (unpaired) electrons. The molecule has 3 aliphatic rings. The summed E-state index contributed by atoms with van der Waals surface area (Å²) in [6.45, 7) is 7.16. The van der Waals surface area contributed by atoms with Gasteiger partial charge in [0.15, 0.2) is 5.69 Å². The van der Waals surface area contributed by atoms with Gasteiger partial charge in [0.25, 0.3) is 5.91 Å². The summed E-state index contributed by atoms with van der Waals surface area (Å²) in [5.74, 6) is 0.714. The molecular formula is C22H36N4O. The van der Waals surface area contributed by atoms with Crippen molar-refractivity contribution in [3.8, 4) is 0 Å². The van der Waals surface area contributed by atoms with E-state index in [1.807, 2.05) is 4.90 Å². The molecule has 1 saturated heterocycles. The van der Waals surface area contributed by atoms with Gasteiger partial charge < -0.3 is 10.2 Å². The fourth-order valence-electron chi connectivity index (χ4n) is 5.17. The zero-order valence-corrected chi connectivity index (χ0v) is 17.2. The number of fused-ring (bicyclic) bond motifs is 1. The molecule has 1 aromatic rings. The minimum Gasteiger partial charge on any atom is -0.337 e. The normalized spacial score (nSPS) is 23.8. The number of hydrogen-bond donors (Lipinski definition) is 1. The van der Waals surface area contributed by atoms with E-state index in [1.54, 1.807) is 0 Å². The predicted molar refractivity (Wildman–Crippen MR) is 108 cm³/mol. The van der Waals surface area contributed by atoms with Crippen LogP contribution in [0.1, 0.15) is 87.0 Å². The SMILES string of the molecule is CC(C)Cn1nc(C(=O)N2CCCC2)c2c1CCC(NC1CCCCC1)C2. The number of carbonyl (C=O) groups excluding carboxylic acids is 1. The molecular weight excluding hydrogens is 336 g/mol. The monoisotopic (exact) mass is 372 g/mol. The number of nitrogens with zero attached hydrogens (tertiary/aromatic N) is 3. The molecule has 5 heteroatoms. The molecule has 1 aliphatic heterocycles. The average Bonchev–Trinajstić information content (AvgIpc) is 3.30. The van der Waals surface area contributed by atoms with Crippen molar-refractivity contribution in [1.82, 2.24) is 20.0 Å². The summed E-state index contributed by atoms with van der Waals surface area (Å²) in [5.41, 5.74) is 3.32. The topological polar surface area (TPSA) is 50.2 Å². The fraction of sp³-hybridized carbons (Fsp3) is 0.818. The summed E-state index contributed by atoms with van der Waals surface area (Å²) < 4.78 is 2.15. The maximum Gasteiger partial charge on any atom is 0.274 e. The Bertz CT molecular complexity index is 654. The molecule has 1 atom stereocenters. The van der Waals surface area contributed by atoms with E-state index < -0.39 is 0 Å². The molecule has 1 saturated carbocycles. The molecule has 5 nitrogen and oxygen atoms in total. The Hall–Kier alpha value is -1.36. The van der Waals surface area contributed by atoms with Crippen LogP contribution in [0.2, 0.25) is 0 Å². The second-order valence-electron chi connectivity index (χ2n) is 9.29. The summed E-state index contributed by atoms with van der Waals surface area (Å²) in [4.78, 5) is 15.2. The Kier molecular flexibility index (Phi) is 5.86. The lowest BCUT2D eigenvalue weighted by atomic mass is 9.88. The van der Waals surface area contributed by atoms with Crippen molar-refractivity contribution in [2.24, 2.45) is 5.92 Å². The van der Waals surface area contributed by atoms with Crippen LogP contribution in [0.4, 0.5) is 0 Å². The summed E-state index contributed by atoms with van der Waals surface area (Å²) in [6, 6.07) is 1.18. The van der Waals surface area contributed by atoms with Crippen molar-refractivity contribution in [1.29, 1.82) is 0 Å². The molecule has 150 valence electrons. The van der Waals surface area contributed by atoms with Gasteiger partial charge in [0.1, 0.15) is 0 Å². The van der Waals surface area contributed by atoms with Gasteiger partial charge in [-0.2, -0.15) is 5.10 Å². The van der Waals surface area contributed by atoms with E-state index in [1.165, 1.54) is 49.8 Å². The van der Waals surface area contributed by atoms with Crippen LogP contribution in [0.15, 0.2) is 0 Å². The molecule has 1 aromatic heterocycles. The van der Waals surface area contributed by atoms with Gasteiger partial charge in [0, 0.05) is 43.0 Å². The van der Waals surface area contributed by atoms with Crippen LogP contribution >= 0.6 is 0 Å². The third-order valence-corrected chi connectivity index (χ3v) is 6.56. The molecule has 0 bridgehead atoms. The van der Waals surface area contributed by atoms with E-state index in [9.17, 15) is 4.79 Å². The van der Waals surface area contributed by atoms with Crippen LogP contribution in [-0.2, 0) is 19.4 Å². The second-order valence-corrected chi connectivity index (χ2v) is 9.29. The zero-order chi connectivity index (χ0) is 18.8. The average molecular weight is 373 g/mol. The highest BCUT2D eigenvalue weighted by molar-refractivity contribution is 5.94. The van der Waals surface area contributed by atoms with Crippen LogP contribution in [-0.4, -0.2) is 45.8 Å². The maximum absolute atomic E-state index is 13.1. The number of amides is 1. The fourth-order valence-corrected chi connectivity index (χ4v) is 5.17. The maximum atomic E-state index is 13.1. The first-order valence-electron chi connectivity index (χ1n) is 11.3. The standard InChI is InChI=1S/C22H36N4O/c1-16(2)15-26-20-11-10-18(23-17-8-4-3-5-9-17)14-19(20)21(24-26)22(27)25-12-6-7-13-25/h16-18,23H,3-15H2,1-2H3. The minimum atomic E-state index is 0.171. The first kappa shape index (κ1) is 19.0. The van der Waals surface area contributed by atoms with E-state index in [0.717, 1.165) is 51.0 Å². The van der Waals surface area contributed by atoms with Gasteiger partial charge in [-0.15, -0.1) is 0 Å². The molecule has 2 aliphatic carbocycles. The van der Waals surface area contributed by atoms with Crippen LogP contribution in [0.3, 0.4) is 0 Å². The van der Waals surface area contributed by atoms with E-state index in [2.05, 4.69) is 23.8 Å². The number of aromatic nitrogens is 2. The van der Waals surface area contributed by atoms with Crippen LogP contribution in [0.5, 0.6) is 0 Å². The molecule has 0 spiro atoms. The third-order valence-electron chi connectivity index (χ3n) is 6.56. The Morgan fingerprint density at radius 3 is 2.52 bits per heavy atom. The van der Waals surface area contributed by atoms with Gasteiger partial charge in [-0.1, -0.05) is 33.1 Å². The predicted octanol–water partition coefficient (Wildman–Crippen LogP) is 3.55. The van der Waals surface area contributed by atoms with Gasteiger partial charge >= 0.3 is 0 Å². The van der Waals surface area contributed by atoms with Crippen LogP contribution in [0.25, 0.3) is 0 Å². The largest absolute Gasteiger partial charge is 0.337 e. The summed E-state index contributed by atoms with van der Waals surface area (Å²) in [7, 11) is 0. The van der Waals surface area contributed by atoms with Crippen molar-refractivity contribution in [3.63, 3.8) is 0 Å². The summed E-state index contributed by atoms with van der Waals surface area (Å²) >= 11 is 0. The van der Waals surface area contributed by atoms with E-state index in [-0.39, 0.29) is 5.91 Å². The van der Waals surface area contributed by atoms with Gasteiger partial charge in [0.05, 0.1) is 0 Å². The molecule has 1 unspecified atom stereocenters. The number of likely N-dealkylation sites (tertiary alicyclic amines) is 1. The van der Waals surface area contributed by atoms with Crippen molar-refractivity contribution in [2.75, 3.05) is 13.1 Å². The first-order valence-corrected chi connectivity index (χ1v) is 11.3. The quantitative estimate of drug-likeness (QED) is 0.860. The second kappa shape index (κ2) is 8.34. The highest BCUT2D eigenvalue weighted by Crippen LogP contribution is 2.28. The van der Waals surface area contributed by atoms with Crippen molar-refractivity contribution < 1.29 is 4.79 Å². The first-order chi connectivity index (χ1) is 13.1. The summed E-state index contributed by atoms with van der Waals surface area (Å²) in [6.07, 6.45) is 12.2. The van der Waals surface area contributed by atoms with Crippen LogP contribution in [0, 0.1) is 5.92 Å². The number of rotatable bonds is 5. The molecule has 1 amide bonds. The minimum absolute atomic E-state index is 0.171. The highest BCUT2D eigenvalue weighted by Gasteiger charge is 2.32. The van der Waals surface area contributed by atoms with Crippen molar-refractivity contribution in [2.45, 2.75) is 96.7 Å². The molecule has 2 heterocycles. The lowest BCUT2D eigenvalue weighted by Gasteiger charge is -2.31. The zero-order valence-electron chi connectivity index (χ0n) is 17.2. The molecule has 0 aromatic carbocycles. The Balaban J connectivity index is 1.55. The number of carbonyl (C=O) groups is 1. The molecule has 1 N–H and O–H groups in total. The molecule has 27 heavy (non-hydrogen) atoms. The van der Waals surface area contributed by atoms with Crippen molar-refractivity contribution >= 4 is 5.91 Å². The van der Waals surface area contributed by atoms with E-state index >= 15 is 0 Å². The number of hydrogen-bond acceptors (Lipinski definition) is 3. The van der Waals surface area contributed by atoms with E-state index in [4.69, 9.17) is 5.10 Å². The van der Waals surface area contributed by atoms with Gasteiger partial charge in [0.2, 0.25) is 0 Å². The Morgan fingerprint density at radius 2 is 1.81 bits per heavy atom. The molecule has 2 fully saturated rings. The lowest BCUT2D eigenvalue weighted by Crippen LogP contribution is -2.43. The molecule has 4 rings (SSSR count). The van der Waals surface area contributed by atoms with E-state index in [0.29, 0.717) is 18.0 Å². The Morgan fingerprint density at radius 1 is 1.07 bits per heavy atom. The number of nitrogens with one attached hydrogen (secondary N) is 1. The van der Waals surface area contributed by atoms with Crippen molar-refractivity contribution in [3.05, 3.63) is 17.0 Å². The Labute approximate surface area is 163 Å². The lowest BCUT2D eigenvalue weighted by molar-refractivity contribution is 0.0784. The summed E-state index contributed by atoms with van der Waals surface area (Å²) in [5, 5.41) is 8.78. The van der Waals surface area contributed by atoms with Gasteiger partial charge in [-0.25, -0.2) is 0 Å². The van der Waals surface area contributed by atoms with Gasteiger partial charge in [-0.05, 0) is 50.9 Å².